The quantitative estimate of drug-likeness (QED) is 0.230. The number of aromatic amines is 1. The number of hydrogen-bond acceptors (Lipinski definition) is 6. The Morgan fingerprint density at radius 3 is 2.76 bits per heavy atom. The molecule has 5 aromatic rings. The zero-order valence-corrected chi connectivity index (χ0v) is 21.1. The fraction of sp³-hybridized carbons (Fsp3) is 0. The summed E-state index contributed by atoms with van der Waals surface area (Å²) in [6, 6.07) is 15.8. The van der Waals surface area contributed by atoms with Crippen LogP contribution in [-0.2, 0) is 14.8 Å². The van der Waals surface area contributed by atoms with Crippen LogP contribution in [0.5, 0.6) is 0 Å². The molecule has 3 heterocycles. The number of benzene rings is 3. The zero-order chi connectivity index (χ0) is 23.3. The van der Waals surface area contributed by atoms with E-state index in [4.69, 9.17) is 0 Å². The Morgan fingerprint density at radius 1 is 1.06 bits per heavy atom. The Labute approximate surface area is 204 Å². The first-order chi connectivity index (χ1) is 16.5. The number of fused-ring (bicyclic) bond motifs is 4. The number of sulfonamides is 1. The van der Waals surface area contributed by atoms with Crippen LogP contribution in [0.3, 0.4) is 0 Å². The van der Waals surface area contributed by atoms with Gasteiger partial charge < -0.3 is 0 Å². The molecular formula is C23H16AsN5O3S2. The van der Waals surface area contributed by atoms with Crippen molar-refractivity contribution in [3.8, 4) is 0 Å². The summed E-state index contributed by atoms with van der Waals surface area (Å²) >= 11 is 0.701. The van der Waals surface area contributed by atoms with Crippen LogP contribution in [0.15, 0.2) is 76.1 Å². The first-order valence-electron chi connectivity index (χ1n) is 10.2. The molecule has 0 radical (unpaired) electrons. The Hall–Kier alpha value is -3.46. The molecule has 1 unspecified atom stereocenters. The second-order valence-electron chi connectivity index (χ2n) is 7.65. The molecule has 1 atom stereocenters. The number of rotatable bonds is 5. The Morgan fingerprint density at radius 2 is 1.91 bits per heavy atom. The van der Waals surface area contributed by atoms with Crippen molar-refractivity contribution >= 4 is 85.4 Å². The molecule has 6 rings (SSSR count). The minimum absolute atomic E-state index is 0.114. The maximum absolute atomic E-state index is 12.8. The molecule has 168 valence electrons. The molecule has 3 N–H and O–H groups in total. The van der Waals surface area contributed by atoms with Gasteiger partial charge in [0, 0.05) is 0 Å². The number of thiazole rings is 1. The van der Waals surface area contributed by atoms with Crippen molar-refractivity contribution < 1.29 is 13.2 Å². The number of amides is 1. The number of H-pyrrole nitrogens is 1. The molecule has 1 aliphatic heterocycles. The van der Waals surface area contributed by atoms with Gasteiger partial charge in [-0.3, -0.25) is 0 Å². The van der Waals surface area contributed by atoms with Crippen molar-refractivity contribution in [2.75, 3.05) is 10.0 Å². The van der Waals surface area contributed by atoms with Crippen LogP contribution in [0.25, 0.3) is 26.7 Å². The topological polar surface area (TPSA) is 117 Å². The van der Waals surface area contributed by atoms with Gasteiger partial charge in [-0.25, -0.2) is 0 Å². The zero-order valence-electron chi connectivity index (χ0n) is 17.4. The van der Waals surface area contributed by atoms with Crippen molar-refractivity contribution in [3.63, 3.8) is 0 Å². The number of aromatic nitrogens is 3. The van der Waals surface area contributed by atoms with Gasteiger partial charge >= 0.3 is 205 Å². The second kappa shape index (κ2) is 8.09. The third-order valence-corrected chi connectivity index (χ3v) is 10.1. The molecule has 1 amide bonds. The number of carbonyl (C=O) groups is 1. The fourth-order valence-electron chi connectivity index (χ4n) is 3.84. The van der Waals surface area contributed by atoms with E-state index in [0.29, 0.717) is 11.3 Å². The van der Waals surface area contributed by atoms with Crippen LogP contribution in [0, 0.1) is 0 Å². The summed E-state index contributed by atoms with van der Waals surface area (Å²) in [5, 5.41) is 10.6. The van der Waals surface area contributed by atoms with Gasteiger partial charge in [0.15, 0.2) is 0 Å². The van der Waals surface area contributed by atoms with Crippen LogP contribution in [0.1, 0.15) is 5.56 Å². The van der Waals surface area contributed by atoms with Crippen LogP contribution in [-0.4, -0.2) is 45.3 Å². The van der Waals surface area contributed by atoms with Crippen molar-refractivity contribution in [1.82, 2.24) is 15.2 Å². The van der Waals surface area contributed by atoms with Gasteiger partial charge in [0.2, 0.25) is 0 Å². The number of hydrogen-bond donors (Lipinski definition) is 3. The molecule has 0 fully saturated rings. The maximum atomic E-state index is 12.8. The molecule has 34 heavy (non-hydrogen) atoms. The standard InChI is InChI=1S/C23H16AsN5O3S2/c30-23-17(21-18(27-23)7-8-19-22(21)33-12-25-19)10-24-14-2-5-16(6-3-14)34(31,32)29-15-4-1-13-11-26-28-20(13)9-15/h1-12,24,29H,(H,26,28)(H,27,30). The van der Waals surface area contributed by atoms with E-state index >= 15 is 0 Å². The third kappa shape index (κ3) is 3.69. The molecule has 2 aromatic heterocycles. The van der Waals surface area contributed by atoms with Gasteiger partial charge in [0.05, 0.1) is 0 Å². The van der Waals surface area contributed by atoms with E-state index in [2.05, 4.69) is 25.2 Å². The van der Waals surface area contributed by atoms with E-state index < -0.39 is 25.8 Å². The summed E-state index contributed by atoms with van der Waals surface area (Å²) in [7, 11) is -3.73. The van der Waals surface area contributed by atoms with Crippen LogP contribution < -0.4 is 14.4 Å². The van der Waals surface area contributed by atoms with Gasteiger partial charge in [-0.2, -0.15) is 0 Å². The average molecular weight is 549 g/mol. The van der Waals surface area contributed by atoms with E-state index in [1.54, 1.807) is 42.0 Å². The second-order valence-corrected chi connectivity index (χ2v) is 12.6. The summed E-state index contributed by atoms with van der Waals surface area (Å²) in [5.74, 6) is -0.114. The predicted molar refractivity (Wildman–Crippen MR) is 136 cm³/mol. The molecule has 0 aliphatic carbocycles. The molecule has 11 heteroatoms. The van der Waals surface area contributed by atoms with Crippen molar-refractivity contribution in [1.29, 1.82) is 0 Å². The fourth-order valence-corrected chi connectivity index (χ4v) is 7.73. The van der Waals surface area contributed by atoms with E-state index in [1.165, 1.54) is 11.3 Å². The molecule has 0 saturated carbocycles. The van der Waals surface area contributed by atoms with Crippen LogP contribution >= 0.6 is 11.3 Å². The summed E-state index contributed by atoms with van der Waals surface area (Å²) in [5.41, 5.74) is 6.24. The number of carbonyl (C=O) groups excluding carboxylic acids is 1. The van der Waals surface area contributed by atoms with Gasteiger partial charge in [0.25, 0.3) is 0 Å². The monoisotopic (exact) mass is 549 g/mol. The van der Waals surface area contributed by atoms with Gasteiger partial charge in [-0.05, 0) is 0 Å². The van der Waals surface area contributed by atoms with E-state index in [-0.39, 0.29) is 10.8 Å². The van der Waals surface area contributed by atoms with Crippen LogP contribution in [0.2, 0.25) is 0 Å². The van der Waals surface area contributed by atoms with E-state index in [1.807, 2.05) is 29.1 Å². The SMILES string of the molecule is O=C1Nc2ccc3ncsc3c2C1=C[AsH]c1ccc(S(=O)(=O)Nc2ccc3cn[nH]c3c2)cc1. The third-order valence-electron chi connectivity index (χ3n) is 5.50. The number of nitrogens with one attached hydrogen (secondary N) is 3. The van der Waals surface area contributed by atoms with Crippen molar-refractivity contribution in [2.45, 2.75) is 4.90 Å². The normalized spacial score (nSPS) is 14.9. The molecule has 0 bridgehead atoms. The van der Waals surface area contributed by atoms with Crippen LogP contribution in [0.4, 0.5) is 11.4 Å². The van der Waals surface area contributed by atoms with E-state index in [9.17, 15) is 13.2 Å². The first kappa shape index (κ1) is 21.1. The summed E-state index contributed by atoms with van der Waals surface area (Å²) in [6.45, 7) is 0. The molecule has 0 saturated heterocycles. The molecular weight excluding hydrogens is 533 g/mol. The summed E-state index contributed by atoms with van der Waals surface area (Å²) in [4.78, 5) is 19.1. The predicted octanol–water partition coefficient (Wildman–Crippen LogP) is 3.03. The van der Waals surface area contributed by atoms with E-state index in [0.717, 1.165) is 36.7 Å². The number of nitrogens with zero attached hydrogens (tertiary/aromatic N) is 2. The van der Waals surface area contributed by atoms with Crippen molar-refractivity contribution in [3.05, 3.63) is 76.7 Å². The molecule has 8 nitrogen and oxygen atoms in total. The molecule has 3 aromatic carbocycles. The molecule has 1 aliphatic rings. The van der Waals surface area contributed by atoms with Gasteiger partial charge in [-0.15, -0.1) is 0 Å². The molecule has 0 spiro atoms. The summed E-state index contributed by atoms with van der Waals surface area (Å²) < 4.78 is 30.3. The Balaban J connectivity index is 1.23. The first-order valence-corrected chi connectivity index (χ1v) is 14.8. The number of anilines is 2. The average Bonchev–Trinajstić information content (AvgIpc) is 3.55. The Bertz CT molecular complexity index is 1720. The van der Waals surface area contributed by atoms with Gasteiger partial charge in [0.1, 0.15) is 0 Å². The van der Waals surface area contributed by atoms with Crippen molar-refractivity contribution in [2.24, 2.45) is 0 Å². The van der Waals surface area contributed by atoms with Gasteiger partial charge in [-0.1, -0.05) is 0 Å². The Kier molecular flexibility index (Phi) is 5.02. The summed E-state index contributed by atoms with van der Waals surface area (Å²) in [6.07, 6.45) is 1.68. The minimum atomic E-state index is -3.73.